The van der Waals surface area contributed by atoms with Gasteiger partial charge in [0, 0.05) is 19.5 Å². The van der Waals surface area contributed by atoms with Crippen molar-refractivity contribution in [1.82, 2.24) is 0 Å². The summed E-state index contributed by atoms with van der Waals surface area (Å²) in [6, 6.07) is 5.36. The van der Waals surface area contributed by atoms with Crippen LogP contribution in [0.1, 0.15) is 20.7 Å². The minimum Gasteiger partial charge on any atom is -0.478 e. The smallest absolute Gasteiger partial charge is 0.394 e. The van der Waals surface area contributed by atoms with Gasteiger partial charge in [0.25, 0.3) is 0 Å². The molecule has 21 heavy (non-hydrogen) atoms. The van der Waals surface area contributed by atoms with Gasteiger partial charge in [-0.3, -0.25) is 9.11 Å². The standard InChI is InChI=1S/C10H10O5.H2O4S.Zn/c11-5-6-15-10(14)8-3-1-7(2-4-8)9(12)13;1-5(2,3)4;/h1-4,11H,5-6H2,(H,12,13);(H2,1,2,3,4);. The van der Waals surface area contributed by atoms with Gasteiger partial charge in [-0.15, -0.1) is 0 Å². The van der Waals surface area contributed by atoms with E-state index in [2.05, 4.69) is 4.74 Å². The fourth-order valence-electron chi connectivity index (χ4n) is 0.971. The van der Waals surface area contributed by atoms with Crippen molar-refractivity contribution in [1.29, 1.82) is 0 Å². The topological polar surface area (TPSA) is 158 Å². The number of carbonyl (C=O) groups excluding carboxylic acids is 1. The third-order valence-electron chi connectivity index (χ3n) is 1.69. The number of carbonyl (C=O) groups is 2. The number of aliphatic hydroxyl groups is 1. The quantitative estimate of drug-likeness (QED) is 0.320. The summed E-state index contributed by atoms with van der Waals surface area (Å²) >= 11 is 0. The molecule has 1 aromatic rings. The average molecular weight is 374 g/mol. The Morgan fingerprint density at radius 3 is 1.76 bits per heavy atom. The van der Waals surface area contributed by atoms with Crippen LogP contribution in [0.3, 0.4) is 0 Å². The number of esters is 1. The molecule has 0 aliphatic rings. The number of carboxylic acid groups (broad SMARTS) is 1. The Balaban J connectivity index is 0. The van der Waals surface area contributed by atoms with Crippen LogP contribution in [-0.4, -0.2) is 52.9 Å². The second-order valence-corrected chi connectivity index (χ2v) is 4.09. The van der Waals surface area contributed by atoms with Gasteiger partial charge in [0.2, 0.25) is 0 Å². The maximum Gasteiger partial charge on any atom is 0.394 e. The van der Waals surface area contributed by atoms with E-state index in [1.54, 1.807) is 0 Å². The summed E-state index contributed by atoms with van der Waals surface area (Å²) in [6.45, 7) is -0.307. The van der Waals surface area contributed by atoms with Crippen LogP contribution in [0.4, 0.5) is 0 Å². The molecule has 0 aromatic heterocycles. The van der Waals surface area contributed by atoms with Gasteiger partial charge < -0.3 is 14.9 Å². The van der Waals surface area contributed by atoms with Crippen LogP contribution in [0.5, 0.6) is 0 Å². The first kappa shape index (κ1) is 21.9. The maximum atomic E-state index is 11.2. The summed E-state index contributed by atoms with van der Waals surface area (Å²) in [6.07, 6.45) is 0. The Bertz CT molecular complexity index is 544. The predicted octanol–water partition coefficient (Wildman–Crippen LogP) is -0.121. The van der Waals surface area contributed by atoms with Crippen LogP contribution in [0.15, 0.2) is 24.3 Å². The maximum absolute atomic E-state index is 11.2. The molecule has 11 heteroatoms. The molecule has 0 spiro atoms. The van der Waals surface area contributed by atoms with Crippen LogP contribution in [0, 0.1) is 0 Å². The van der Waals surface area contributed by atoms with Gasteiger partial charge in [0.1, 0.15) is 6.61 Å². The van der Waals surface area contributed by atoms with Crippen molar-refractivity contribution < 1.29 is 61.5 Å². The number of rotatable bonds is 4. The Labute approximate surface area is 132 Å². The summed E-state index contributed by atoms with van der Waals surface area (Å²) in [5.41, 5.74) is 0.363. The van der Waals surface area contributed by atoms with Gasteiger partial charge in [-0.1, -0.05) is 0 Å². The zero-order valence-corrected chi connectivity index (χ0v) is 14.5. The van der Waals surface area contributed by atoms with E-state index < -0.39 is 22.3 Å². The molecule has 0 fully saturated rings. The van der Waals surface area contributed by atoms with Gasteiger partial charge in [0.15, 0.2) is 0 Å². The van der Waals surface area contributed by atoms with Crippen LogP contribution in [0.25, 0.3) is 0 Å². The molecule has 114 valence electrons. The first-order valence-electron chi connectivity index (χ1n) is 4.96. The predicted molar refractivity (Wildman–Crippen MR) is 64.9 cm³/mol. The summed E-state index contributed by atoms with van der Waals surface area (Å²) in [7, 11) is -4.67. The van der Waals surface area contributed by atoms with E-state index >= 15 is 0 Å². The molecule has 9 nitrogen and oxygen atoms in total. The Kier molecular flexibility index (Phi) is 10.8. The van der Waals surface area contributed by atoms with E-state index in [0.29, 0.717) is 0 Å². The summed E-state index contributed by atoms with van der Waals surface area (Å²) in [4.78, 5) is 21.7. The zero-order valence-electron chi connectivity index (χ0n) is 10.7. The SMILES string of the molecule is O=C(O)c1ccc(C(=O)OCCO)cc1.O=S(=O)(O)O.[Zn]. The number of aromatic carboxylic acids is 1. The van der Waals surface area contributed by atoms with E-state index in [0.717, 1.165) is 0 Å². The van der Waals surface area contributed by atoms with Crippen LogP contribution < -0.4 is 0 Å². The van der Waals surface area contributed by atoms with Crippen molar-refractivity contribution in [3.05, 3.63) is 35.4 Å². The average Bonchev–Trinajstić information content (AvgIpc) is 2.34. The van der Waals surface area contributed by atoms with Crippen molar-refractivity contribution in [3.63, 3.8) is 0 Å². The van der Waals surface area contributed by atoms with Crippen molar-refractivity contribution in [2.24, 2.45) is 0 Å². The minimum absolute atomic E-state index is 0. The Hall–Kier alpha value is -1.39. The van der Waals surface area contributed by atoms with E-state index in [9.17, 15) is 9.59 Å². The van der Waals surface area contributed by atoms with Crippen molar-refractivity contribution >= 4 is 22.3 Å². The number of carboxylic acids is 1. The summed E-state index contributed by atoms with van der Waals surface area (Å²) in [5, 5.41) is 17.0. The zero-order chi connectivity index (χ0) is 15.8. The molecular formula is C10H12O9SZn. The van der Waals surface area contributed by atoms with E-state index in [1.165, 1.54) is 24.3 Å². The first-order valence-corrected chi connectivity index (χ1v) is 6.36. The molecule has 0 heterocycles. The molecule has 0 radical (unpaired) electrons. The Morgan fingerprint density at radius 2 is 1.43 bits per heavy atom. The molecule has 0 saturated carbocycles. The summed E-state index contributed by atoms with van der Waals surface area (Å²) in [5.74, 6) is -1.63. The van der Waals surface area contributed by atoms with E-state index in [1.807, 2.05) is 0 Å². The van der Waals surface area contributed by atoms with Crippen LogP contribution in [0.2, 0.25) is 0 Å². The van der Waals surface area contributed by atoms with Gasteiger partial charge in [0.05, 0.1) is 17.7 Å². The van der Waals surface area contributed by atoms with Crippen molar-refractivity contribution in [2.45, 2.75) is 0 Å². The number of benzene rings is 1. The van der Waals surface area contributed by atoms with Gasteiger partial charge in [-0.2, -0.15) is 8.42 Å². The number of aliphatic hydroxyl groups excluding tert-OH is 1. The van der Waals surface area contributed by atoms with Crippen LogP contribution in [-0.2, 0) is 34.6 Å². The minimum atomic E-state index is -4.67. The normalized spacial score (nSPS) is 9.67. The molecule has 0 bridgehead atoms. The summed E-state index contributed by atoms with van der Waals surface area (Å²) < 4.78 is 36.2. The largest absolute Gasteiger partial charge is 0.478 e. The Morgan fingerprint density at radius 1 is 1.05 bits per heavy atom. The third-order valence-corrected chi connectivity index (χ3v) is 1.69. The van der Waals surface area contributed by atoms with Gasteiger partial charge >= 0.3 is 22.3 Å². The second kappa shape index (κ2) is 10.4. The van der Waals surface area contributed by atoms with Crippen LogP contribution >= 0.6 is 0 Å². The fraction of sp³-hybridized carbons (Fsp3) is 0.200. The molecule has 4 N–H and O–H groups in total. The van der Waals surface area contributed by atoms with E-state index in [-0.39, 0.29) is 43.8 Å². The molecule has 1 aromatic carbocycles. The number of hydrogen-bond donors (Lipinski definition) is 4. The third kappa shape index (κ3) is 12.1. The molecular weight excluding hydrogens is 362 g/mol. The van der Waals surface area contributed by atoms with Gasteiger partial charge in [-0.25, -0.2) is 9.59 Å². The molecule has 1 rings (SSSR count). The number of ether oxygens (including phenoxy) is 1. The number of hydrogen-bond acceptors (Lipinski definition) is 6. The van der Waals surface area contributed by atoms with Crippen molar-refractivity contribution in [2.75, 3.05) is 13.2 Å². The van der Waals surface area contributed by atoms with E-state index in [4.69, 9.17) is 27.7 Å². The fourth-order valence-corrected chi connectivity index (χ4v) is 0.971. The van der Waals surface area contributed by atoms with Gasteiger partial charge in [-0.05, 0) is 24.3 Å². The van der Waals surface area contributed by atoms with Crippen molar-refractivity contribution in [3.8, 4) is 0 Å². The molecule has 0 aliphatic heterocycles. The molecule has 0 aliphatic carbocycles. The molecule has 0 amide bonds. The molecule has 0 unspecified atom stereocenters. The monoisotopic (exact) mass is 372 g/mol. The second-order valence-electron chi connectivity index (χ2n) is 3.19. The molecule has 0 saturated heterocycles. The first-order chi connectivity index (χ1) is 9.15. The molecule has 0 atom stereocenters.